The van der Waals surface area contributed by atoms with Crippen molar-refractivity contribution in [2.24, 2.45) is 5.41 Å². The average Bonchev–Trinajstić information content (AvgIpc) is 2.69. The molecule has 1 aliphatic rings. The minimum absolute atomic E-state index is 0.0750. The molecule has 3 rings (SSSR count). The minimum Gasteiger partial charge on any atom is -0.481 e. The van der Waals surface area contributed by atoms with Crippen molar-refractivity contribution in [1.29, 1.82) is 0 Å². The van der Waals surface area contributed by atoms with Gasteiger partial charge in [0.1, 0.15) is 0 Å². The maximum Gasteiger partial charge on any atom is 0.311 e. The lowest BCUT2D eigenvalue weighted by Gasteiger charge is -2.33. The summed E-state index contributed by atoms with van der Waals surface area (Å²) in [6.07, 6.45) is 0.770. The molecule has 0 unspecified atom stereocenters. The molecule has 0 atom stereocenters. The molecule has 2 aromatic rings. The predicted octanol–water partition coefficient (Wildman–Crippen LogP) is 2.14. The van der Waals surface area contributed by atoms with E-state index in [9.17, 15) is 14.7 Å². The highest BCUT2D eigenvalue weighted by Crippen LogP contribution is 2.30. The number of nitrogens with zero attached hydrogens (tertiary/aromatic N) is 2. The number of anilines is 2. The van der Waals surface area contributed by atoms with Gasteiger partial charge in [-0.1, -0.05) is 6.07 Å². The van der Waals surface area contributed by atoms with Gasteiger partial charge in [-0.15, -0.1) is 5.10 Å². The number of nitrogens with one attached hydrogen (secondary N) is 2. The first kappa shape index (κ1) is 18.8. The topological polar surface area (TPSA) is 113 Å². The van der Waals surface area contributed by atoms with Crippen molar-refractivity contribution in [2.45, 2.75) is 19.8 Å². The monoisotopic (exact) mass is 370 g/mol. The highest BCUT2D eigenvalue weighted by atomic mass is 16.5. The van der Waals surface area contributed by atoms with Gasteiger partial charge in [-0.05, 0) is 50.1 Å². The number of aliphatic carboxylic acids is 1. The summed E-state index contributed by atoms with van der Waals surface area (Å²) in [6, 6.07) is 10.6. The Bertz CT molecular complexity index is 817. The second-order valence-corrected chi connectivity index (χ2v) is 6.65. The fourth-order valence-electron chi connectivity index (χ4n) is 2.93. The summed E-state index contributed by atoms with van der Waals surface area (Å²) < 4.78 is 5.25. The molecule has 142 valence electrons. The Kier molecular flexibility index (Phi) is 5.66. The molecule has 27 heavy (non-hydrogen) atoms. The van der Waals surface area contributed by atoms with Gasteiger partial charge in [-0.3, -0.25) is 9.59 Å². The molecule has 1 saturated heterocycles. The molecule has 3 N–H and O–H groups in total. The normalized spacial score (nSPS) is 15.7. The summed E-state index contributed by atoms with van der Waals surface area (Å²) in [7, 11) is 0. The first-order valence-corrected chi connectivity index (χ1v) is 8.75. The molecule has 0 radical (unpaired) electrons. The minimum atomic E-state index is -0.971. The van der Waals surface area contributed by atoms with Gasteiger partial charge in [0.05, 0.1) is 11.1 Å². The van der Waals surface area contributed by atoms with E-state index in [1.807, 2.05) is 19.1 Å². The zero-order valence-electron chi connectivity index (χ0n) is 15.1. The fraction of sp³-hybridized carbons (Fsp3) is 0.368. The van der Waals surface area contributed by atoms with E-state index in [2.05, 4.69) is 20.8 Å². The molecule has 8 nitrogen and oxygen atoms in total. The zero-order valence-corrected chi connectivity index (χ0v) is 15.1. The van der Waals surface area contributed by atoms with Crippen LogP contribution in [0.25, 0.3) is 0 Å². The van der Waals surface area contributed by atoms with Crippen molar-refractivity contribution in [1.82, 2.24) is 15.5 Å². The Hall–Kier alpha value is -3.00. The van der Waals surface area contributed by atoms with Crippen LogP contribution < -0.4 is 10.6 Å². The zero-order chi connectivity index (χ0) is 19.3. The molecule has 1 aliphatic heterocycles. The van der Waals surface area contributed by atoms with Crippen LogP contribution >= 0.6 is 0 Å². The number of benzene rings is 1. The Labute approximate surface area is 157 Å². The number of carbonyl (C=O) groups excluding carboxylic acids is 1. The summed E-state index contributed by atoms with van der Waals surface area (Å²) in [5.74, 6) is -0.648. The number of amides is 1. The van der Waals surface area contributed by atoms with E-state index in [0.29, 0.717) is 43.1 Å². The van der Waals surface area contributed by atoms with E-state index in [1.165, 1.54) is 0 Å². The van der Waals surface area contributed by atoms with Crippen LogP contribution in [0.2, 0.25) is 0 Å². The molecule has 0 aliphatic carbocycles. The lowest BCUT2D eigenvalue weighted by Crippen LogP contribution is -2.46. The van der Waals surface area contributed by atoms with Gasteiger partial charge in [0.2, 0.25) is 0 Å². The van der Waals surface area contributed by atoms with Crippen molar-refractivity contribution in [3.63, 3.8) is 0 Å². The van der Waals surface area contributed by atoms with Crippen LogP contribution in [-0.2, 0) is 9.53 Å². The van der Waals surface area contributed by atoms with E-state index in [1.54, 1.807) is 24.3 Å². The third-order valence-electron chi connectivity index (χ3n) is 4.69. The molecule has 1 aromatic carbocycles. The van der Waals surface area contributed by atoms with E-state index in [4.69, 9.17) is 4.74 Å². The van der Waals surface area contributed by atoms with Gasteiger partial charge < -0.3 is 20.5 Å². The number of carboxylic acid groups (broad SMARTS) is 1. The summed E-state index contributed by atoms with van der Waals surface area (Å²) >= 11 is 0. The van der Waals surface area contributed by atoms with Crippen LogP contribution in [0.3, 0.4) is 0 Å². The second-order valence-electron chi connectivity index (χ2n) is 6.65. The first-order valence-electron chi connectivity index (χ1n) is 8.75. The third-order valence-corrected chi connectivity index (χ3v) is 4.69. The summed E-state index contributed by atoms with van der Waals surface area (Å²) in [4.78, 5) is 24.2. The third kappa shape index (κ3) is 4.59. The van der Waals surface area contributed by atoms with Crippen molar-refractivity contribution in [3.05, 3.63) is 47.7 Å². The lowest BCUT2D eigenvalue weighted by molar-refractivity contribution is -0.154. The molecular formula is C19H22N4O4. The van der Waals surface area contributed by atoms with Crippen LogP contribution in [0.5, 0.6) is 0 Å². The largest absolute Gasteiger partial charge is 0.481 e. The molecule has 1 aromatic heterocycles. The summed E-state index contributed by atoms with van der Waals surface area (Å²) in [6.45, 7) is 2.70. The van der Waals surface area contributed by atoms with Gasteiger partial charge in [-0.25, -0.2) is 0 Å². The van der Waals surface area contributed by atoms with Gasteiger partial charge in [-0.2, -0.15) is 5.10 Å². The predicted molar refractivity (Wildman–Crippen MR) is 98.9 cm³/mol. The quantitative estimate of drug-likeness (QED) is 0.714. The Balaban J connectivity index is 1.66. The van der Waals surface area contributed by atoms with Crippen LogP contribution in [0, 0.1) is 12.3 Å². The van der Waals surface area contributed by atoms with Gasteiger partial charge >= 0.3 is 5.97 Å². The van der Waals surface area contributed by atoms with E-state index in [0.717, 1.165) is 5.69 Å². The number of rotatable bonds is 6. The highest BCUT2D eigenvalue weighted by Gasteiger charge is 2.40. The molecular weight excluding hydrogens is 348 g/mol. The average molecular weight is 370 g/mol. The second kappa shape index (κ2) is 8.13. The summed E-state index contributed by atoms with van der Waals surface area (Å²) in [5, 5.41) is 23.4. The molecule has 0 spiro atoms. The number of aryl methyl sites for hydroxylation is 1. The van der Waals surface area contributed by atoms with Crippen molar-refractivity contribution >= 4 is 23.4 Å². The SMILES string of the molecule is Cc1ccc(Nc2cccc(C(=O)NCC3(C(=O)O)CCOCC3)c2)nn1. The van der Waals surface area contributed by atoms with Crippen molar-refractivity contribution < 1.29 is 19.4 Å². The molecule has 0 bridgehead atoms. The standard InChI is InChI=1S/C19H22N4O4/c1-13-5-6-16(23-22-13)21-15-4-2-3-14(11-15)17(24)20-12-19(18(25)26)7-9-27-10-8-19/h2-6,11H,7-10,12H2,1H3,(H,20,24)(H,21,23)(H,25,26). The van der Waals surface area contributed by atoms with E-state index >= 15 is 0 Å². The molecule has 2 heterocycles. The maximum absolute atomic E-state index is 12.5. The van der Waals surface area contributed by atoms with Crippen molar-refractivity contribution in [2.75, 3.05) is 25.1 Å². The molecule has 1 fully saturated rings. The molecule has 0 saturated carbocycles. The number of carbonyl (C=O) groups is 2. The number of carboxylic acids is 1. The summed E-state index contributed by atoms with van der Waals surface area (Å²) in [5.41, 5.74) is 0.975. The fourth-order valence-corrected chi connectivity index (χ4v) is 2.93. The van der Waals surface area contributed by atoms with E-state index in [-0.39, 0.29) is 12.5 Å². The Morgan fingerprint density at radius 3 is 2.63 bits per heavy atom. The number of aromatic nitrogens is 2. The molecule has 8 heteroatoms. The van der Waals surface area contributed by atoms with Crippen molar-refractivity contribution in [3.8, 4) is 0 Å². The number of ether oxygens (including phenoxy) is 1. The lowest BCUT2D eigenvalue weighted by atomic mass is 9.80. The van der Waals surface area contributed by atoms with Gasteiger partial charge in [0, 0.05) is 31.0 Å². The number of hydrogen-bond donors (Lipinski definition) is 3. The maximum atomic E-state index is 12.5. The Morgan fingerprint density at radius 2 is 1.96 bits per heavy atom. The Morgan fingerprint density at radius 1 is 1.19 bits per heavy atom. The van der Waals surface area contributed by atoms with E-state index < -0.39 is 11.4 Å². The van der Waals surface area contributed by atoms with Crippen LogP contribution in [0.1, 0.15) is 28.9 Å². The number of hydrogen-bond acceptors (Lipinski definition) is 6. The first-order chi connectivity index (χ1) is 13.0. The smallest absolute Gasteiger partial charge is 0.311 e. The van der Waals surface area contributed by atoms with Crippen LogP contribution in [-0.4, -0.2) is 46.9 Å². The molecule has 1 amide bonds. The van der Waals surface area contributed by atoms with Gasteiger partial charge in [0.15, 0.2) is 5.82 Å². The van der Waals surface area contributed by atoms with Gasteiger partial charge in [0.25, 0.3) is 5.91 Å². The van der Waals surface area contributed by atoms with Crippen LogP contribution in [0.15, 0.2) is 36.4 Å². The van der Waals surface area contributed by atoms with Crippen LogP contribution in [0.4, 0.5) is 11.5 Å². The highest BCUT2D eigenvalue weighted by molar-refractivity contribution is 5.95.